The van der Waals surface area contributed by atoms with Gasteiger partial charge in [0.05, 0.1) is 11.2 Å². The molecule has 0 aliphatic rings. The molecule has 0 saturated carbocycles. The molecular formula is C22H18FN3. The quantitative estimate of drug-likeness (QED) is 0.487. The Bertz CT molecular complexity index is 1120. The highest BCUT2D eigenvalue weighted by molar-refractivity contribution is 5.91. The zero-order valence-corrected chi connectivity index (χ0v) is 14.9. The number of fused-ring (bicyclic) bond motifs is 1. The molecule has 26 heavy (non-hydrogen) atoms. The first-order valence-corrected chi connectivity index (χ1v) is 8.49. The molecule has 0 unspecified atom stereocenters. The summed E-state index contributed by atoms with van der Waals surface area (Å²) in [5.74, 6) is -0.260. The number of aryl methyl sites for hydroxylation is 1. The van der Waals surface area contributed by atoms with Crippen molar-refractivity contribution in [3.8, 4) is 22.5 Å². The van der Waals surface area contributed by atoms with Gasteiger partial charge in [0.1, 0.15) is 23.4 Å². The van der Waals surface area contributed by atoms with Crippen LogP contribution in [-0.2, 0) is 0 Å². The van der Waals surface area contributed by atoms with Gasteiger partial charge in [-0.05, 0) is 73.9 Å². The maximum absolute atomic E-state index is 13.2. The Morgan fingerprint density at radius 3 is 2.31 bits per heavy atom. The second kappa shape index (κ2) is 6.30. The number of hydrogen-bond donors (Lipinski definition) is 0. The van der Waals surface area contributed by atoms with Crippen LogP contribution < -0.4 is 0 Å². The normalized spacial score (nSPS) is 11.1. The van der Waals surface area contributed by atoms with Gasteiger partial charge in [-0.2, -0.15) is 0 Å². The smallest absolute Gasteiger partial charge is 0.123 e. The summed E-state index contributed by atoms with van der Waals surface area (Å²) in [6, 6.07) is 14.4. The van der Waals surface area contributed by atoms with E-state index in [1.54, 1.807) is 18.5 Å². The summed E-state index contributed by atoms with van der Waals surface area (Å²) in [6.07, 6.45) is 1.57. The maximum Gasteiger partial charge on any atom is 0.123 e. The molecule has 0 bridgehead atoms. The lowest BCUT2D eigenvalue weighted by atomic mass is 9.96. The Kier molecular flexibility index (Phi) is 3.96. The van der Waals surface area contributed by atoms with Crippen molar-refractivity contribution in [2.24, 2.45) is 0 Å². The van der Waals surface area contributed by atoms with Gasteiger partial charge in [0, 0.05) is 11.1 Å². The van der Waals surface area contributed by atoms with Crippen LogP contribution in [0.25, 0.3) is 33.5 Å². The molecule has 0 amide bonds. The van der Waals surface area contributed by atoms with E-state index >= 15 is 0 Å². The number of pyridine rings is 1. The average molecular weight is 343 g/mol. The Labute approximate surface area is 151 Å². The number of hydrogen-bond acceptors (Lipinski definition) is 3. The van der Waals surface area contributed by atoms with E-state index in [2.05, 4.69) is 42.9 Å². The highest BCUT2D eigenvalue weighted by atomic mass is 19.1. The van der Waals surface area contributed by atoms with Crippen LogP contribution in [-0.4, -0.2) is 15.0 Å². The Hall–Kier alpha value is -3.14. The molecule has 4 rings (SSSR count). The summed E-state index contributed by atoms with van der Waals surface area (Å²) in [5.41, 5.74) is 8.76. The molecule has 2 heterocycles. The Balaban J connectivity index is 1.95. The van der Waals surface area contributed by atoms with Crippen molar-refractivity contribution in [2.45, 2.75) is 20.8 Å². The van der Waals surface area contributed by atoms with Gasteiger partial charge in [0.2, 0.25) is 0 Å². The van der Waals surface area contributed by atoms with Gasteiger partial charge in [-0.1, -0.05) is 12.1 Å². The average Bonchev–Trinajstić information content (AvgIpc) is 2.66. The van der Waals surface area contributed by atoms with E-state index < -0.39 is 0 Å². The van der Waals surface area contributed by atoms with Crippen LogP contribution in [0, 0.1) is 26.6 Å². The first-order valence-electron chi connectivity index (χ1n) is 8.49. The van der Waals surface area contributed by atoms with Crippen LogP contribution in [0.4, 0.5) is 4.39 Å². The van der Waals surface area contributed by atoms with E-state index in [9.17, 15) is 4.39 Å². The molecule has 0 radical (unpaired) electrons. The summed E-state index contributed by atoms with van der Waals surface area (Å²) in [6.45, 7) is 6.33. The summed E-state index contributed by atoms with van der Waals surface area (Å²) < 4.78 is 13.2. The van der Waals surface area contributed by atoms with E-state index in [-0.39, 0.29) is 5.82 Å². The minimum atomic E-state index is -0.260. The Morgan fingerprint density at radius 2 is 1.54 bits per heavy atom. The van der Waals surface area contributed by atoms with Crippen molar-refractivity contribution in [2.75, 3.05) is 0 Å². The van der Waals surface area contributed by atoms with Crippen LogP contribution >= 0.6 is 0 Å². The fraction of sp³-hybridized carbons (Fsp3) is 0.136. The fourth-order valence-corrected chi connectivity index (χ4v) is 3.13. The molecular weight excluding hydrogens is 325 g/mol. The zero-order chi connectivity index (χ0) is 18.3. The van der Waals surface area contributed by atoms with Crippen molar-refractivity contribution in [3.63, 3.8) is 0 Å². The van der Waals surface area contributed by atoms with Gasteiger partial charge in [-0.3, -0.25) is 0 Å². The summed E-state index contributed by atoms with van der Waals surface area (Å²) >= 11 is 0. The van der Waals surface area contributed by atoms with Crippen LogP contribution in [0.2, 0.25) is 0 Å². The standard InChI is InChI=1S/C22H18FN3/c1-13-4-9-18(15(3)14(13)2)21-22-20(24-12-25-21)11-10-19(26-22)16-5-7-17(23)8-6-16/h4-12H,1-3H3. The van der Waals surface area contributed by atoms with Crippen molar-refractivity contribution in [1.82, 2.24) is 15.0 Å². The van der Waals surface area contributed by atoms with Gasteiger partial charge in [0.15, 0.2) is 0 Å². The number of benzene rings is 2. The molecule has 128 valence electrons. The Morgan fingerprint density at radius 1 is 0.769 bits per heavy atom. The highest BCUT2D eigenvalue weighted by Gasteiger charge is 2.13. The monoisotopic (exact) mass is 343 g/mol. The number of aromatic nitrogens is 3. The third-order valence-corrected chi connectivity index (χ3v) is 4.94. The minimum Gasteiger partial charge on any atom is -0.244 e. The predicted molar refractivity (Wildman–Crippen MR) is 102 cm³/mol. The van der Waals surface area contributed by atoms with Gasteiger partial charge < -0.3 is 0 Å². The lowest BCUT2D eigenvalue weighted by Gasteiger charge is -2.12. The van der Waals surface area contributed by atoms with Crippen molar-refractivity contribution in [3.05, 3.63) is 77.4 Å². The van der Waals surface area contributed by atoms with E-state index in [1.807, 2.05) is 12.1 Å². The maximum atomic E-state index is 13.2. The third kappa shape index (κ3) is 2.73. The molecule has 2 aromatic heterocycles. The molecule has 4 heteroatoms. The second-order valence-corrected chi connectivity index (χ2v) is 6.47. The molecule has 3 nitrogen and oxygen atoms in total. The summed E-state index contributed by atoms with van der Waals surface area (Å²) in [7, 11) is 0. The highest BCUT2D eigenvalue weighted by Crippen LogP contribution is 2.31. The third-order valence-electron chi connectivity index (χ3n) is 4.94. The van der Waals surface area contributed by atoms with Gasteiger partial charge in [0.25, 0.3) is 0 Å². The van der Waals surface area contributed by atoms with E-state index in [0.29, 0.717) is 0 Å². The molecule has 0 atom stereocenters. The van der Waals surface area contributed by atoms with Crippen molar-refractivity contribution < 1.29 is 4.39 Å². The minimum absolute atomic E-state index is 0.260. The van der Waals surface area contributed by atoms with Gasteiger partial charge >= 0.3 is 0 Å². The van der Waals surface area contributed by atoms with Gasteiger partial charge in [-0.25, -0.2) is 19.3 Å². The van der Waals surface area contributed by atoms with Crippen molar-refractivity contribution in [1.29, 1.82) is 0 Å². The van der Waals surface area contributed by atoms with Gasteiger partial charge in [-0.15, -0.1) is 0 Å². The predicted octanol–water partition coefficient (Wildman–Crippen LogP) is 5.42. The second-order valence-electron chi connectivity index (χ2n) is 6.47. The van der Waals surface area contributed by atoms with Crippen LogP contribution in [0.1, 0.15) is 16.7 Å². The molecule has 4 aromatic rings. The molecule has 0 spiro atoms. The summed E-state index contributed by atoms with van der Waals surface area (Å²) in [5, 5.41) is 0. The number of nitrogens with zero attached hydrogens (tertiary/aromatic N) is 3. The van der Waals surface area contributed by atoms with Crippen LogP contribution in [0.15, 0.2) is 54.9 Å². The molecule has 0 aliphatic heterocycles. The molecule has 0 fully saturated rings. The number of rotatable bonds is 2. The molecule has 2 aromatic carbocycles. The zero-order valence-electron chi connectivity index (χ0n) is 14.9. The van der Waals surface area contributed by atoms with Crippen molar-refractivity contribution >= 4 is 11.0 Å². The fourth-order valence-electron chi connectivity index (χ4n) is 3.13. The van der Waals surface area contributed by atoms with Crippen LogP contribution in [0.3, 0.4) is 0 Å². The van der Waals surface area contributed by atoms with E-state index in [4.69, 9.17) is 4.98 Å². The topological polar surface area (TPSA) is 38.7 Å². The van der Waals surface area contributed by atoms with E-state index in [1.165, 1.54) is 28.8 Å². The first kappa shape index (κ1) is 16.3. The lowest BCUT2D eigenvalue weighted by molar-refractivity contribution is 0.628. The molecule has 0 N–H and O–H groups in total. The molecule has 0 aliphatic carbocycles. The summed E-state index contributed by atoms with van der Waals surface area (Å²) in [4.78, 5) is 13.7. The largest absolute Gasteiger partial charge is 0.244 e. The SMILES string of the molecule is Cc1ccc(-c2ncnc3ccc(-c4ccc(F)cc4)nc23)c(C)c1C. The molecule has 0 saturated heterocycles. The first-order chi connectivity index (χ1) is 12.5. The lowest BCUT2D eigenvalue weighted by Crippen LogP contribution is -1.97. The van der Waals surface area contributed by atoms with Crippen LogP contribution in [0.5, 0.6) is 0 Å². The van der Waals surface area contributed by atoms with E-state index in [0.717, 1.165) is 33.5 Å². The number of halogens is 1.